The Morgan fingerprint density at radius 2 is 1.78 bits per heavy atom. The second-order valence-corrected chi connectivity index (χ2v) is 5.88. The van der Waals surface area contributed by atoms with Crippen LogP contribution in [-0.2, 0) is 4.79 Å². The Hall–Kier alpha value is -1.79. The number of carbonyl (C=O) groups is 2. The molecular weight excluding hydrogens is 316 g/mol. The third kappa shape index (κ3) is 6.88. The van der Waals surface area contributed by atoms with E-state index in [1.54, 1.807) is 24.3 Å². The number of urea groups is 1. The molecule has 0 saturated carbocycles. The fourth-order valence-electron chi connectivity index (χ4n) is 2.43. The third-order valence-corrected chi connectivity index (χ3v) is 3.44. The maximum Gasteiger partial charge on any atom is 0.319 e. The second kappa shape index (κ2) is 9.37. The average molecular weight is 341 g/mol. The van der Waals surface area contributed by atoms with E-state index in [0.717, 1.165) is 25.1 Å². The molecule has 0 aliphatic carbocycles. The van der Waals surface area contributed by atoms with Gasteiger partial charge in [-0.1, -0.05) is 0 Å². The van der Waals surface area contributed by atoms with Gasteiger partial charge in [-0.25, -0.2) is 4.79 Å². The van der Waals surface area contributed by atoms with Crippen LogP contribution < -0.4 is 21.3 Å². The first-order valence-electron chi connectivity index (χ1n) is 7.74. The molecule has 7 heteroatoms. The lowest BCUT2D eigenvalue weighted by Gasteiger charge is -2.12. The van der Waals surface area contributed by atoms with Crippen LogP contribution in [0.2, 0.25) is 0 Å². The van der Waals surface area contributed by atoms with E-state index in [0.29, 0.717) is 18.2 Å². The lowest BCUT2D eigenvalue weighted by atomic mass is 10.1. The van der Waals surface area contributed by atoms with Crippen LogP contribution in [0.3, 0.4) is 0 Å². The molecule has 23 heavy (non-hydrogen) atoms. The van der Waals surface area contributed by atoms with Gasteiger partial charge in [-0.15, -0.1) is 12.4 Å². The molecule has 0 aromatic heterocycles. The fraction of sp³-hybridized carbons (Fsp3) is 0.500. The lowest BCUT2D eigenvalue weighted by molar-refractivity contribution is -0.116. The molecule has 2 rings (SSSR count). The molecule has 6 nitrogen and oxygen atoms in total. The summed E-state index contributed by atoms with van der Waals surface area (Å²) in [5, 5.41) is 11.7. The number of benzene rings is 1. The van der Waals surface area contributed by atoms with Gasteiger partial charge in [0, 0.05) is 29.9 Å². The zero-order valence-electron chi connectivity index (χ0n) is 13.5. The summed E-state index contributed by atoms with van der Waals surface area (Å²) < 4.78 is 0. The molecule has 1 atom stereocenters. The molecule has 1 saturated heterocycles. The third-order valence-electron chi connectivity index (χ3n) is 3.44. The standard InChI is InChI=1S/C16H24N4O2.ClH/c1-11(2)18-16(22)20-13-7-5-12(6-8-13)19-15(21)10-14-4-3-9-17-14;/h5-8,11,14,17H,3-4,9-10H2,1-2H3,(H,19,21)(H2,18,20,22);1H. The molecule has 1 aliphatic rings. The highest BCUT2D eigenvalue weighted by Crippen LogP contribution is 2.15. The van der Waals surface area contributed by atoms with Crippen molar-refractivity contribution >= 4 is 35.7 Å². The van der Waals surface area contributed by atoms with Crippen molar-refractivity contribution in [3.8, 4) is 0 Å². The van der Waals surface area contributed by atoms with E-state index in [1.165, 1.54) is 0 Å². The summed E-state index contributed by atoms with van der Waals surface area (Å²) >= 11 is 0. The summed E-state index contributed by atoms with van der Waals surface area (Å²) in [5.41, 5.74) is 1.42. The van der Waals surface area contributed by atoms with Crippen molar-refractivity contribution in [3.05, 3.63) is 24.3 Å². The number of nitrogens with one attached hydrogen (secondary N) is 4. The van der Waals surface area contributed by atoms with Crippen LogP contribution in [0.4, 0.5) is 16.2 Å². The highest BCUT2D eigenvalue weighted by molar-refractivity contribution is 5.92. The smallest absolute Gasteiger partial charge is 0.319 e. The Kier molecular flexibility index (Phi) is 7.85. The summed E-state index contributed by atoms with van der Waals surface area (Å²) in [6.07, 6.45) is 2.69. The van der Waals surface area contributed by atoms with Crippen molar-refractivity contribution in [1.29, 1.82) is 0 Å². The van der Waals surface area contributed by atoms with Gasteiger partial charge in [0.1, 0.15) is 0 Å². The molecule has 4 N–H and O–H groups in total. The van der Waals surface area contributed by atoms with Gasteiger partial charge in [-0.2, -0.15) is 0 Å². The van der Waals surface area contributed by atoms with Crippen LogP contribution in [0.25, 0.3) is 0 Å². The number of carbonyl (C=O) groups excluding carboxylic acids is 2. The zero-order chi connectivity index (χ0) is 15.9. The minimum atomic E-state index is -0.237. The molecule has 1 aliphatic heterocycles. The van der Waals surface area contributed by atoms with Crippen molar-refractivity contribution < 1.29 is 9.59 Å². The van der Waals surface area contributed by atoms with Gasteiger partial charge < -0.3 is 21.3 Å². The average Bonchev–Trinajstić information content (AvgIpc) is 2.92. The van der Waals surface area contributed by atoms with Gasteiger partial charge in [0.05, 0.1) is 0 Å². The minimum Gasteiger partial charge on any atom is -0.336 e. The van der Waals surface area contributed by atoms with E-state index >= 15 is 0 Å². The lowest BCUT2D eigenvalue weighted by Crippen LogP contribution is -2.34. The molecule has 0 bridgehead atoms. The molecule has 1 unspecified atom stereocenters. The first kappa shape index (κ1) is 19.3. The molecule has 0 radical (unpaired) electrons. The van der Waals surface area contributed by atoms with Crippen molar-refractivity contribution in [2.75, 3.05) is 17.2 Å². The van der Waals surface area contributed by atoms with Crippen LogP contribution >= 0.6 is 12.4 Å². The van der Waals surface area contributed by atoms with Gasteiger partial charge >= 0.3 is 6.03 Å². The number of hydrogen-bond acceptors (Lipinski definition) is 3. The summed E-state index contributed by atoms with van der Waals surface area (Å²) in [6.45, 7) is 4.80. The summed E-state index contributed by atoms with van der Waals surface area (Å²) in [7, 11) is 0. The molecule has 0 spiro atoms. The van der Waals surface area contributed by atoms with E-state index in [1.807, 2.05) is 13.8 Å². The first-order valence-corrected chi connectivity index (χ1v) is 7.74. The SMILES string of the molecule is CC(C)NC(=O)Nc1ccc(NC(=O)CC2CCCN2)cc1.Cl. The Labute approximate surface area is 143 Å². The molecular formula is C16H25ClN4O2. The zero-order valence-corrected chi connectivity index (χ0v) is 14.3. The van der Waals surface area contributed by atoms with Crippen LogP contribution in [0.1, 0.15) is 33.1 Å². The number of rotatable bonds is 5. The van der Waals surface area contributed by atoms with Crippen molar-refractivity contribution in [2.45, 2.75) is 45.2 Å². The normalized spacial score (nSPS) is 16.6. The van der Waals surface area contributed by atoms with Gasteiger partial charge in [-0.05, 0) is 57.5 Å². The molecule has 1 heterocycles. The number of hydrogen-bond donors (Lipinski definition) is 4. The first-order chi connectivity index (χ1) is 10.5. The summed E-state index contributed by atoms with van der Waals surface area (Å²) in [6, 6.07) is 7.24. The van der Waals surface area contributed by atoms with Crippen molar-refractivity contribution in [2.24, 2.45) is 0 Å². The van der Waals surface area contributed by atoms with Crippen molar-refractivity contribution in [1.82, 2.24) is 10.6 Å². The fourth-order valence-corrected chi connectivity index (χ4v) is 2.43. The van der Waals surface area contributed by atoms with Gasteiger partial charge in [0.25, 0.3) is 0 Å². The molecule has 128 valence electrons. The quantitative estimate of drug-likeness (QED) is 0.665. The van der Waals surface area contributed by atoms with E-state index in [9.17, 15) is 9.59 Å². The van der Waals surface area contributed by atoms with Crippen LogP contribution in [0.15, 0.2) is 24.3 Å². The molecule has 1 aromatic rings. The van der Waals surface area contributed by atoms with Gasteiger partial charge in [0.15, 0.2) is 0 Å². The predicted octanol–water partition coefficient (Wildman–Crippen LogP) is 2.72. The minimum absolute atomic E-state index is 0. The van der Waals surface area contributed by atoms with E-state index in [4.69, 9.17) is 0 Å². The topological polar surface area (TPSA) is 82.3 Å². The highest BCUT2D eigenvalue weighted by atomic mass is 35.5. The number of halogens is 1. The van der Waals surface area contributed by atoms with E-state index < -0.39 is 0 Å². The number of anilines is 2. The molecule has 1 fully saturated rings. The second-order valence-electron chi connectivity index (χ2n) is 5.88. The maximum atomic E-state index is 11.9. The van der Waals surface area contributed by atoms with E-state index in [-0.39, 0.29) is 30.4 Å². The monoisotopic (exact) mass is 340 g/mol. The highest BCUT2D eigenvalue weighted by Gasteiger charge is 2.17. The summed E-state index contributed by atoms with van der Waals surface area (Å²) in [4.78, 5) is 23.5. The Bertz CT molecular complexity index is 513. The van der Waals surface area contributed by atoms with Crippen LogP contribution in [0, 0.1) is 0 Å². The molecule has 1 aromatic carbocycles. The predicted molar refractivity (Wildman–Crippen MR) is 95.3 cm³/mol. The van der Waals surface area contributed by atoms with Crippen molar-refractivity contribution in [3.63, 3.8) is 0 Å². The number of amides is 3. The van der Waals surface area contributed by atoms with Gasteiger partial charge in [0.2, 0.25) is 5.91 Å². The Morgan fingerprint density at radius 1 is 1.17 bits per heavy atom. The van der Waals surface area contributed by atoms with Crippen LogP contribution in [0.5, 0.6) is 0 Å². The van der Waals surface area contributed by atoms with Crippen LogP contribution in [-0.4, -0.2) is 30.6 Å². The largest absolute Gasteiger partial charge is 0.336 e. The Morgan fingerprint density at radius 3 is 2.30 bits per heavy atom. The maximum absolute atomic E-state index is 11.9. The summed E-state index contributed by atoms with van der Waals surface area (Å²) in [5.74, 6) is 0.0117. The van der Waals surface area contributed by atoms with E-state index in [2.05, 4.69) is 21.3 Å². The Balaban J connectivity index is 0.00000264. The molecule has 3 amide bonds. The van der Waals surface area contributed by atoms with Gasteiger partial charge in [-0.3, -0.25) is 4.79 Å².